The van der Waals surface area contributed by atoms with Gasteiger partial charge in [-0.15, -0.1) is 0 Å². The number of aromatic nitrogens is 1. The molecule has 0 saturated heterocycles. The van der Waals surface area contributed by atoms with Gasteiger partial charge in [0, 0.05) is 12.3 Å². The van der Waals surface area contributed by atoms with Gasteiger partial charge in [-0.05, 0) is 54.2 Å². The molecule has 0 N–H and O–H groups in total. The molecule has 0 bridgehead atoms. The van der Waals surface area contributed by atoms with Crippen molar-refractivity contribution in [3.8, 4) is 17.2 Å². The molecule has 0 unspecified atom stereocenters. The Morgan fingerprint density at radius 1 is 0.952 bits per heavy atom. The molecule has 42 heavy (non-hydrogen) atoms. The van der Waals surface area contributed by atoms with Gasteiger partial charge in [-0.1, -0.05) is 53.7 Å². The summed E-state index contributed by atoms with van der Waals surface area (Å²) in [6.07, 6.45) is 1.62. The van der Waals surface area contributed by atoms with Crippen molar-refractivity contribution < 1.29 is 28.2 Å². The number of benzene rings is 2. The van der Waals surface area contributed by atoms with Gasteiger partial charge in [0.05, 0.1) is 44.4 Å². The van der Waals surface area contributed by atoms with Crippen LogP contribution in [0, 0.1) is 5.41 Å². The van der Waals surface area contributed by atoms with E-state index >= 15 is 0 Å². The quantitative estimate of drug-likeness (QED) is 0.168. The van der Waals surface area contributed by atoms with Crippen LogP contribution >= 0.6 is 0 Å². The molecule has 0 radical (unpaired) electrons. The van der Waals surface area contributed by atoms with Crippen molar-refractivity contribution in [3.63, 3.8) is 0 Å². The Morgan fingerprint density at radius 3 is 2.12 bits per heavy atom. The molecule has 0 saturated carbocycles. The lowest BCUT2D eigenvalue weighted by Crippen LogP contribution is -2.43. The summed E-state index contributed by atoms with van der Waals surface area (Å²) in [5.74, 6) is 0.967. The average molecular weight is 598 g/mol. The van der Waals surface area contributed by atoms with E-state index in [2.05, 4.69) is 54.6 Å². The number of nitrogens with zero attached hydrogens (tertiary/aromatic N) is 1. The smallest absolute Gasteiger partial charge is 0.343 e. The summed E-state index contributed by atoms with van der Waals surface area (Å²) < 4.78 is 31.1. The van der Waals surface area contributed by atoms with E-state index in [0.29, 0.717) is 29.0 Å². The highest BCUT2D eigenvalue weighted by Crippen LogP contribution is 2.41. The lowest BCUT2D eigenvalue weighted by Gasteiger charge is -2.40. The van der Waals surface area contributed by atoms with Gasteiger partial charge >= 0.3 is 5.97 Å². The molecule has 0 aliphatic carbocycles. The van der Waals surface area contributed by atoms with Crippen molar-refractivity contribution in [1.29, 1.82) is 0 Å². The first kappa shape index (κ1) is 33.2. The van der Waals surface area contributed by atoms with Gasteiger partial charge in [-0.3, -0.25) is 4.79 Å². The predicted octanol–water partition coefficient (Wildman–Crippen LogP) is 7.38. The van der Waals surface area contributed by atoms with Crippen LogP contribution < -0.4 is 19.6 Å². The summed E-state index contributed by atoms with van der Waals surface area (Å²) in [6, 6.07) is 10.8. The van der Waals surface area contributed by atoms with Crippen LogP contribution in [0.4, 0.5) is 0 Å². The summed E-state index contributed by atoms with van der Waals surface area (Å²) >= 11 is 0. The number of pyridine rings is 1. The second-order valence-corrected chi connectivity index (χ2v) is 17.9. The summed E-state index contributed by atoms with van der Waals surface area (Å²) in [5.41, 5.74) is 0.811. The van der Waals surface area contributed by atoms with Gasteiger partial charge < -0.3 is 27.9 Å². The first-order valence-corrected chi connectivity index (χ1v) is 17.3. The number of rotatable bonds is 11. The number of fused-ring (bicyclic) bond motifs is 1. The standard InChI is InChI=1S/C33H47NO7Si/c1-12-39-31(36)25-19-34(29(32(2,3)4)21-41-42(10,11)33(5,6)7)26-18-27(38-9)28(17-24(26)30(25)35)40-20-22-13-15-23(37-8)16-14-22/h13-19,29H,12,20-21H2,1-11H3/t29-/m1/s1. The Morgan fingerprint density at radius 2 is 1.60 bits per heavy atom. The van der Waals surface area contributed by atoms with Gasteiger partial charge in [0.15, 0.2) is 19.8 Å². The Kier molecular flexibility index (Phi) is 10.2. The Balaban J connectivity index is 2.20. The summed E-state index contributed by atoms with van der Waals surface area (Å²) in [5, 5.41) is 0.365. The zero-order valence-electron chi connectivity index (χ0n) is 27.0. The Hall–Kier alpha value is -3.30. The van der Waals surface area contributed by atoms with E-state index in [0.717, 1.165) is 11.3 Å². The highest BCUT2D eigenvalue weighted by atomic mass is 28.4. The SMILES string of the molecule is CCOC(=O)c1cn([C@H](CO[Si](C)(C)C(C)(C)C)C(C)(C)C)c2cc(OC)c(OCc3ccc(OC)cc3)cc2c1=O. The van der Waals surface area contributed by atoms with E-state index < -0.39 is 19.7 Å². The third-order valence-corrected chi connectivity index (χ3v) is 12.6. The topological polar surface area (TPSA) is 85.2 Å². The number of carbonyl (C=O) groups excluding carboxylic acids is 1. The van der Waals surface area contributed by atoms with E-state index in [1.807, 2.05) is 28.8 Å². The van der Waals surface area contributed by atoms with Crippen LogP contribution in [0.5, 0.6) is 17.2 Å². The number of ether oxygens (including phenoxy) is 4. The molecule has 3 aromatic rings. The van der Waals surface area contributed by atoms with Crippen LogP contribution in [0.1, 0.15) is 70.4 Å². The van der Waals surface area contributed by atoms with Crippen LogP contribution in [0.15, 0.2) is 47.4 Å². The lowest BCUT2D eigenvalue weighted by molar-refractivity contribution is 0.0522. The Labute approximate surface area is 251 Å². The molecule has 9 heteroatoms. The number of hydrogen-bond donors (Lipinski definition) is 0. The highest BCUT2D eigenvalue weighted by Gasteiger charge is 2.39. The molecule has 0 aliphatic heterocycles. The number of hydrogen-bond acceptors (Lipinski definition) is 7. The van der Waals surface area contributed by atoms with E-state index in [-0.39, 0.29) is 35.3 Å². The molecule has 2 aromatic carbocycles. The molecular weight excluding hydrogens is 550 g/mol. The lowest BCUT2D eigenvalue weighted by atomic mass is 9.86. The summed E-state index contributed by atoms with van der Waals surface area (Å²) in [4.78, 5) is 26.8. The molecule has 1 aromatic heterocycles. The minimum atomic E-state index is -2.10. The first-order valence-electron chi connectivity index (χ1n) is 14.4. The fraction of sp³-hybridized carbons (Fsp3) is 0.515. The van der Waals surface area contributed by atoms with Crippen molar-refractivity contribution in [3.05, 3.63) is 63.9 Å². The molecule has 230 valence electrons. The molecular formula is C33H47NO7Si. The number of methoxy groups -OCH3 is 2. The molecule has 0 fully saturated rings. The number of esters is 1. The van der Waals surface area contributed by atoms with Crippen molar-refractivity contribution in [2.75, 3.05) is 27.4 Å². The number of carbonyl (C=O) groups is 1. The second kappa shape index (κ2) is 12.9. The minimum absolute atomic E-state index is 0.0243. The molecule has 1 atom stereocenters. The summed E-state index contributed by atoms with van der Waals surface area (Å²) in [7, 11) is 1.08. The van der Waals surface area contributed by atoms with Crippen molar-refractivity contribution in [2.24, 2.45) is 5.41 Å². The molecule has 0 aliphatic rings. The molecule has 3 rings (SSSR count). The van der Waals surface area contributed by atoms with E-state index in [9.17, 15) is 9.59 Å². The van der Waals surface area contributed by atoms with E-state index in [1.54, 1.807) is 39.5 Å². The van der Waals surface area contributed by atoms with Crippen LogP contribution in [-0.2, 0) is 15.8 Å². The molecule has 0 amide bonds. The van der Waals surface area contributed by atoms with Crippen molar-refractivity contribution in [2.45, 2.75) is 79.2 Å². The van der Waals surface area contributed by atoms with E-state index in [4.69, 9.17) is 23.4 Å². The highest BCUT2D eigenvalue weighted by molar-refractivity contribution is 6.74. The predicted molar refractivity (Wildman–Crippen MR) is 170 cm³/mol. The van der Waals surface area contributed by atoms with Crippen LogP contribution in [0.25, 0.3) is 10.9 Å². The normalized spacial score (nSPS) is 13.1. The largest absolute Gasteiger partial charge is 0.497 e. The maximum atomic E-state index is 13.8. The van der Waals surface area contributed by atoms with Crippen LogP contribution in [0.2, 0.25) is 18.1 Å². The molecule has 0 spiro atoms. The first-order chi connectivity index (χ1) is 19.5. The molecule has 8 nitrogen and oxygen atoms in total. The monoisotopic (exact) mass is 597 g/mol. The maximum Gasteiger partial charge on any atom is 0.343 e. The Bertz CT molecular complexity index is 1450. The average Bonchev–Trinajstić information content (AvgIpc) is 2.91. The van der Waals surface area contributed by atoms with Crippen LogP contribution in [-0.4, -0.2) is 46.3 Å². The van der Waals surface area contributed by atoms with Crippen molar-refractivity contribution >= 4 is 25.2 Å². The second-order valence-electron chi connectivity index (χ2n) is 13.1. The zero-order chi connectivity index (χ0) is 31.5. The minimum Gasteiger partial charge on any atom is -0.497 e. The van der Waals surface area contributed by atoms with Gasteiger partial charge in [0.25, 0.3) is 0 Å². The van der Waals surface area contributed by atoms with Crippen molar-refractivity contribution in [1.82, 2.24) is 4.57 Å². The zero-order valence-corrected chi connectivity index (χ0v) is 28.0. The summed E-state index contributed by atoms with van der Waals surface area (Å²) in [6.45, 7) is 20.0. The third kappa shape index (κ3) is 7.36. The maximum absolute atomic E-state index is 13.8. The van der Waals surface area contributed by atoms with Crippen LogP contribution in [0.3, 0.4) is 0 Å². The third-order valence-electron chi connectivity index (χ3n) is 8.11. The van der Waals surface area contributed by atoms with Gasteiger partial charge in [-0.2, -0.15) is 0 Å². The fourth-order valence-corrected chi connectivity index (χ4v) is 5.38. The van der Waals surface area contributed by atoms with Gasteiger partial charge in [-0.25, -0.2) is 4.79 Å². The fourth-order valence-electron chi connectivity index (χ4n) is 4.38. The van der Waals surface area contributed by atoms with E-state index in [1.165, 1.54) is 0 Å². The molecule has 1 heterocycles. The van der Waals surface area contributed by atoms with Gasteiger partial charge in [0.2, 0.25) is 5.43 Å². The van der Waals surface area contributed by atoms with Gasteiger partial charge in [0.1, 0.15) is 17.9 Å².